The first kappa shape index (κ1) is 18.9. The van der Waals surface area contributed by atoms with Crippen molar-refractivity contribution in [2.45, 2.75) is 27.3 Å². The number of hydrogen-bond donors (Lipinski definition) is 1. The van der Waals surface area contributed by atoms with E-state index in [1.165, 1.54) is 6.07 Å². The van der Waals surface area contributed by atoms with E-state index < -0.39 is 0 Å². The van der Waals surface area contributed by atoms with Gasteiger partial charge in [0.2, 0.25) is 5.91 Å². The van der Waals surface area contributed by atoms with Crippen molar-refractivity contribution in [3.05, 3.63) is 58.4 Å². The van der Waals surface area contributed by atoms with Crippen molar-refractivity contribution in [1.82, 2.24) is 4.90 Å². The maximum absolute atomic E-state index is 13.5. The molecular weight excluding hydrogens is 319 g/mol. The molecule has 134 valence electrons. The number of halogens is 1. The Morgan fingerprint density at radius 2 is 1.76 bits per heavy atom. The Labute approximate surface area is 148 Å². The summed E-state index contributed by atoms with van der Waals surface area (Å²) in [6, 6.07) is 8.82. The highest BCUT2D eigenvalue weighted by atomic mass is 19.1. The maximum atomic E-state index is 13.5. The number of hydrogen-bond acceptors (Lipinski definition) is 3. The molecule has 0 atom stereocenters. The fourth-order valence-corrected chi connectivity index (χ4v) is 2.94. The average molecular weight is 344 g/mol. The highest BCUT2D eigenvalue weighted by Crippen LogP contribution is 2.24. The van der Waals surface area contributed by atoms with Gasteiger partial charge in [-0.05, 0) is 62.2 Å². The van der Waals surface area contributed by atoms with Crippen molar-refractivity contribution >= 4 is 11.6 Å². The Kier molecular flexibility index (Phi) is 6.15. The molecule has 2 aromatic rings. The van der Waals surface area contributed by atoms with Crippen molar-refractivity contribution in [2.24, 2.45) is 0 Å². The van der Waals surface area contributed by atoms with E-state index in [4.69, 9.17) is 4.74 Å². The topological polar surface area (TPSA) is 41.6 Å². The van der Waals surface area contributed by atoms with Gasteiger partial charge in [0, 0.05) is 12.2 Å². The van der Waals surface area contributed by atoms with Crippen LogP contribution in [0.1, 0.15) is 22.3 Å². The first-order chi connectivity index (χ1) is 11.8. The van der Waals surface area contributed by atoms with Gasteiger partial charge in [0.25, 0.3) is 0 Å². The number of nitrogens with zero attached hydrogens (tertiary/aromatic N) is 1. The van der Waals surface area contributed by atoms with Gasteiger partial charge < -0.3 is 10.1 Å². The van der Waals surface area contributed by atoms with E-state index in [1.54, 1.807) is 26.2 Å². The molecule has 0 spiro atoms. The summed E-state index contributed by atoms with van der Waals surface area (Å²) in [6.45, 7) is 6.57. The predicted octanol–water partition coefficient (Wildman–Crippen LogP) is 3.83. The van der Waals surface area contributed by atoms with Crippen molar-refractivity contribution in [3.63, 3.8) is 0 Å². The summed E-state index contributed by atoms with van der Waals surface area (Å²) >= 11 is 0. The molecule has 0 aliphatic rings. The van der Waals surface area contributed by atoms with Gasteiger partial charge in [-0.15, -0.1) is 0 Å². The molecule has 0 unspecified atom stereocenters. The maximum Gasteiger partial charge on any atom is 0.238 e. The number of benzene rings is 2. The van der Waals surface area contributed by atoms with E-state index in [0.717, 1.165) is 22.4 Å². The van der Waals surface area contributed by atoms with Crippen LogP contribution < -0.4 is 10.1 Å². The fraction of sp³-hybridized carbons (Fsp3) is 0.350. The number of amides is 1. The van der Waals surface area contributed by atoms with Gasteiger partial charge in [-0.3, -0.25) is 9.69 Å². The monoisotopic (exact) mass is 344 g/mol. The van der Waals surface area contributed by atoms with E-state index in [0.29, 0.717) is 17.8 Å². The Morgan fingerprint density at radius 3 is 2.32 bits per heavy atom. The van der Waals surface area contributed by atoms with Gasteiger partial charge >= 0.3 is 0 Å². The minimum Gasteiger partial charge on any atom is -0.496 e. The molecule has 4 nitrogen and oxygen atoms in total. The van der Waals surface area contributed by atoms with Crippen molar-refractivity contribution in [2.75, 3.05) is 26.0 Å². The second-order valence-corrected chi connectivity index (χ2v) is 6.45. The summed E-state index contributed by atoms with van der Waals surface area (Å²) in [7, 11) is 3.55. The van der Waals surface area contributed by atoms with Crippen LogP contribution in [0.15, 0.2) is 30.3 Å². The lowest BCUT2D eigenvalue weighted by molar-refractivity contribution is -0.117. The number of anilines is 1. The third-order valence-electron chi connectivity index (χ3n) is 4.05. The zero-order valence-electron chi connectivity index (χ0n) is 15.4. The zero-order valence-corrected chi connectivity index (χ0v) is 15.4. The largest absolute Gasteiger partial charge is 0.496 e. The van der Waals surface area contributed by atoms with Gasteiger partial charge in [0.15, 0.2) is 0 Å². The van der Waals surface area contributed by atoms with Crippen LogP contribution >= 0.6 is 0 Å². The quantitative estimate of drug-likeness (QED) is 0.866. The molecule has 0 heterocycles. The van der Waals surface area contributed by atoms with Crippen molar-refractivity contribution in [3.8, 4) is 5.75 Å². The third-order valence-corrected chi connectivity index (χ3v) is 4.05. The first-order valence-corrected chi connectivity index (χ1v) is 8.18. The highest BCUT2D eigenvalue weighted by Gasteiger charge is 2.11. The molecule has 0 aliphatic heterocycles. The standard InChI is InChI=1S/C20H25FN2O2/c1-13-6-7-17(10-18(13)21)22-19(24)12-23(4)11-16-8-14(2)20(25-5)15(3)9-16/h6-10H,11-12H2,1-5H3,(H,22,24). The molecule has 0 fully saturated rings. The number of aryl methyl sites for hydroxylation is 3. The van der Waals surface area contributed by atoms with Gasteiger partial charge in [-0.2, -0.15) is 0 Å². The van der Waals surface area contributed by atoms with Crippen LogP contribution in [0.3, 0.4) is 0 Å². The lowest BCUT2D eigenvalue weighted by Crippen LogP contribution is -2.29. The number of rotatable bonds is 6. The number of methoxy groups -OCH3 is 1. The lowest BCUT2D eigenvalue weighted by Gasteiger charge is -2.18. The average Bonchev–Trinajstić information content (AvgIpc) is 2.50. The van der Waals surface area contributed by atoms with Gasteiger partial charge in [0.05, 0.1) is 13.7 Å². The molecule has 0 saturated carbocycles. The zero-order chi connectivity index (χ0) is 18.6. The van der Waals surface area contributed by atoms with E-state index in [9.17, 15) is 9.18 Å². The third kappa shape index (κ3) is 5.03. The molecule has 0 bridgehead atoms. The van der Waals surface area contributed by atoms with Crippen molar-refractivity contribution in [1.29, 1.82) is 0 Å². The van der Waals surface area contributed by atoms with Gasteiger partial charge in [-0.25, -0.2) is 4.39 Å². The number of likely N-dealkylation sites (N-methyl/N-ethyl adjacent to an activating group) is 1. The number of ether oxygens (including phenoxy) is 1. The van der Waals surface area contributed by atoms with E-state index in [-0.39, 0.29) is 18.3 Å². The molecule has 5 heteroatoms. The van der Waals surface area contributed by atoms with Crippen LogP contribution in [-0.2, 0) is 11.3 Å². The molecular formula is C20H25FN2O2. The number of nitrogens with one attached hydrogen (secondary N) is 1. The first-order valence-electron chi connectivity index (χ1n) is 8.18. The fourth-order valence-electron chi connectivity index (χ4n) is 2.94. The number of carbonyl (C=O) groups excluding carboxylic acids is 1. The summed E-state index contributed by atoms with van der Waals surface area (Å²) in [5.74, 6) is 0.397. The smallest absolute Gasteiger partial charge is 0.238 e. The molecule has 0 aliphatic carbocycles. The summed E-state index contributed by atoms with van der Waals surface area (Å²) in [6.07, 6.45) is 0. The van der Waals surface area contributed by atoms with E-state index in [2.05, 4.69) is 17.4 Å². The van der Waals surface area contributed by atoms with E-state index in [1.807, 2.05) is 25.8 Å². The second-order valence-electron chi connectivity index (χ2n) is 6.45. The molecule has 2 aromatic carbocycles. The molecule has 1 N–H and O–H groups in total. The minimum atomic E-state index is -0.324. The molecule has 25 heavy (non-hydrogen) atoms. The van der Waals surface area contributed by atoms with Gasteiger partial charge in [-0.1, -0.05) is 18.2 Å². The molecule has 0 radical (unpaired) electrons. The Balaban J connectivity index is 1.96. The summed E-state index contributed by atoms with van der Waals surface area (Å²) in [5, 5.41) is 2.73. The Hall–Kier alpha value is -2.40. The minimum absolute atomic E-state index is 0.173. The van der Waals surface area contributed by atoms with Crippen LogP contribution in [-0.4, -0.2) is 31.5 Å². The summed E-state index contributed by atoms with van der Waals surface area (Å²) in [4.78, 5) is 14.1. The van der Waals surface area contributed by atoms with Crippen LogP contribution in [0.25, 0.3) is 0 Å². The second kappa shape index (κ2) is 8.12. The molecule has 1 amide bonds. The normalized spacial score (nSPS) is 10.8. The Morgan fingerprint density at radius 1 is 1.12 bits per heavy atom. The van der Waals surface area contributed by atoms with Gasteiger partial charge in [0.1, 0.15) is 11.6 Å². The van der Waals surface area contributed by atoms with Crippen LogP contribution in [0.5, 0.6) is 5.75 Å². The van der Waals surface area contributed by atoms with Crippen molar-refractivity contribution < 1.29 is 13.9 Å². The predicted molar refractivity (Wildman–Crippen MR) is 98.6 cm³/mol. The van der Waals surface area contributed by atoms with Crippen LogP contribution in [0.4, 0.5) is 10.1 Å². The van der Waals surface area contributed by atoms with E-state index >= 15 is 0 Å². The molecule has 2 rings (SSSR count). The Bertz CT molecular complexity index is 751. The van der Waals surface area contributed by atoms with Crippen LogP contribution in [0.2, 0.25) is 0 Å². The highest BCUT2D eigenvalue weighted by molar-refractivity contribution is 5.92. The van der Waals surface area contributed by atoms with Crippen LogP contribution in [0, 0.1) is 26.6 Å². The molecule has 0 saturated heterocycles. The number of carbonyl (C=O) groups is 1. The summed E-state index contributed by atoms with van der Waals surface area (Å²) in [5.41, 5.74) is 4.29. The molecule has 0 aromatic heterocycles. The lowest BCUT2D eigenvalue weighted by atomic mass is 10.1. The summed E-state index contributed by atoms with van der Waals surface area (Å²) < 4.78 is 18.9. The SMILES string of the molecule is COc1c(C)cc(CN(C)CC(=O)Nc2ccc(C)c(F)c2)cc1C.